The molecule has 1 aromatic carbocycles. The van der Waals surface area contributed by atoms with Crippen LogP contribution in [0, 0.1) is 11.6 Å². The molecule has 0 bridgehead atoms. The molecule has 0 aliphatic carbocycles. The molecule has 2 heterocycles. The molecule has 1 spiro atoms. The summed E-state index contributed by atoms with van der Waals surface area (Å²) in [5, 5.41) is 0. The van der Waals surface area contributed by atoms with Gasteiger partial charge in [0.05, 0.1) is 5.60 Å². The van der Waals surface area contributed by atoms with Crippen molar-refractivity contribution in [1.29, 1.82) is 0 Å². The molecule has 3 rings (SSSR count). The lowest BCUT2D eigenvalue weighted by Crippen LogP contribution is -2.32. The van der Waals surface area contributed by atoms with Gasteiger partial charge in [0.2, 0.25) is 5.91 Å². The van der Waals surface area contributed by atoms with E-state index in [1.807, 2.05) is 0 Å². The molecule has 3 nitrogen and oxygen atoms in total. The SMILES string of the molecule is O=C1CCC2(CCCO2)CCN1Cc1cc(F)ccc1F. The molecule has 1 atom stereocenters. The van der Waals surface area contributed by atoms with Crippen molar-refractivity contribution < 1.29 is 18.3 Å². The summed E-state index contributed by atoms with van der Waals surface area (Å²) in [5.41, 5.74) is 0.0527. The standard InChI is InChI=1S/C16H19F2NO2/c17-13-2-3-14(18)12(10-13)11-19-8-7-16(5-1-9-21-16)6-4-15(19)20/h2-3,10H,1,4-9,11H2. The average molecular weight is 295 g/mol. The zero-order chi connectivity index (χ0) is 14.9. The smallest absolute Gasteiger partial charge is 0.222 e. The Kier molecular flexibility index (Phi) is 3.93. The number of likely N-dealkylation sites (tertiary alicyclic amines) is 1. The summed E-state index contributed by atoms with van der Waals surface area (Å²) < 4.78 is 32.8. The van der Waals surface area contributed by atoms with E-state index in [1.165, 1.54) is 0 Å². The largest absolute Gasteiger partial charge is 0.375 e. The van der Waals surface area contributed by atoms with Crippen molar-refractivity contribution in [3.8, 4) is 0 Å². The summed E-state index contributed by atoms with van der Waals surface area (Å²) >= 11 is 0. The number of carbonyl (C=O) groups excluding carboxylic acids is 1. The molecule has 114 valence electrons. The first-order valence-electron chi connectivity index (χ1n) is 7.44. The van der Waals surface area contributed by atoms with E-state index in [9.17, 15) is 13.6 Å². The lowest BCUT2D eigenvalue weighted by Gasteiger charge is -2.26. The molecule has 0 aromatic heterocycles. The second-order valence-electron chi connectivity index (χ2n) is 5.94. The number of hydrogen-bond donors (Lipinski definition) is 0. The van der Waals surface area contributed by atoms with Crippen LogP contribution in [0.15, 0.2) is 18.2 Å². The highest BCUT2D eigenvalue weighted by molar-refractivity contribution is 5.76. The highest BCUT2D eigenvalue weighted by Gasteiger charge is 2.38. The highest BCUT2D eigenvalue weighted by Crippen LogP contribution is 2.36. The maximum Gasteiger partial charge on any atom is 0.222 e. The van der Waals surface area contributed by atoms with Crippen molar-refractivity contribution in [3.63, 3.8) is 0 Å². The van der Waals surface area contributed by atoms with E-state index in [4.69, 9.17) is 4.74 Å². The third-order valence-electron chi connectivity index (χ3n) is 4.54. The first-order chi connectivity index (χ1) is 10.1. The van der Waals surface area contributed by atoms with Gasteiger partial charge in [-0.1, -0.05) is 0 Å². The van der Waals surface area contributed by atoms with E-state index in [2.05, 4.69) is 0 Å². The van der Waals surface area contributed by atoms with Gasteiger partial charge in [-0.15, -0.1) is 0 Å². The summed E-state index contributed by atoms with van der Waals surface area (Å²) in [7, 11) is 0. The number of hydrogen-bond acceptors (Lipinski definition) is 2. The number of carbonyl (C=O) groups is 1. The van der Waals surface area contributed by atoms with Crippen LogP contribution >= 0.6 is 0 Å². The van der Waals surface area contributed by atoms with E-state index in [-0.39, 0.29) is 23.6 Å². The molecule has 2 aliphatic rings. The van der Waals surface area contributed by atoms with Gasteiger partial charge in [0.25, 0.3) is 0 Å². The number of nitrogens with zero attached hydrogens (tertiary/aromatic N) is 1. The second-order valence-corrected chi connectivity index (χ2v) is 5.94. The molecular weight excluding hydrogens is 276 g/mol. The van der Waals surface area contributed by atoms with Gasteiger partial charge < -0.3 is 9.64 Å². The summed E-state index contributed by atoms with van der Waals surface area (Å²) in [6, 6.07) is 3.36. The maximum absolute atomic E-state index is 13.7. The fourth-order valence-electron chi connectivity index (χ4n) is 3.27. The molecule has 1 unspecified atom stereocenters. The lowest BCUT2D eigenvalue weighted by molar-refractivity contribution is -0.131. The molecule has 0 radical (unpaired) electrons. The van der Waals surface area contributed by atoms with Crippen LogP contribution in [-0.4, -0.2) is 29.6 Å². The second kappa shape index (κ2) is 5.72. The number of amides is 1. The average Bonchev–Trinajstić information content (AvgIpc) is 2.87. The van der Waals surface area contributed by atoms with Crippen LogP contribution in [0.3, 0.4) is 0 Å². The molecule has 5 heteroatoms. The third-order valence-corrected chi connectivity index (χ3v) is 4.54. The van der Waals surface area contributed by atoms with Gasteiger partial charge >= 0.3 is 0 Å². The van der Waals surface area contributed by atoms with Gasteiger partial charge in [-0.2, -0.15) is 0 Å². The maximum atomic E-state index is 13.7. The van der Waals surface area contributed by atoms with Crippen LogP contribution in [0.2, 0.25) is 0 Å². The summed E-state index contributed by atoms with van der Waals surface area (Å²) in [6.07, 6.45) is 3.94. The molecular formula is C16H19F2NO2. The van der Waals surface area contributed by atoms with Gasteiger partial charge in [-0.05, 0) is 43.9 Å². The Morgan fingerprint density at radius 1 is 1.24 bits per heavy atom. The Balaban J connectivity index is 1.73. The Morgan fingerprint density at radius 2 is 2.10 bits per heavy atom. The van der Waals surface area contributed by atoms with Crippen molar-refractivity contribution in [2.24, 2.45) is 0 Å². The van der Waals surface area contributed by atoms with E-state index in [0.717, 1.165) is 50.5 Å². The number of benzene rings is 1. The summed E-state index contributed by atoms with van der Waals surface area (Å²) in [6.45, 7) is 1.42. The van der Waals surface area contributed by atoms with Crippen LogP contribution in [0.25, 0.3) is 0 Å². The molecule has 1 aromatic rings. The Morgan fingerprint density at radius 3 is 2.86 bits per heavy atom. The minimum atomic E-state index is -0.482. The minimum Gasteiger partial charge on any atom is -0.375 e. The van der Waals surface area contributed by atoms with Crippen LogP contribution < -0.4 is 0 Å². The van der Waals surface area contributed by atoms with Gasteiger partial charge in [-0.25, -0.2) is 8.78 Å². The number of halogens is 2. The first kappa shape index (κ1) is 14.4. The topological polar surface area (TPSA) is 29.5 Å². The van der Waals surface area contributed by atoms with Crippen LogP contribution in [0.1, 0.15) is 37.7 Å². The fraction of sp³-hybridized carbons (Fsp3) is 0.562. The van der Waals surface area contributed by atoms with E-state index in [1.54, 1.807) is 4.90 Å². The fourth-order valence-corrected chi connectivity index (χ4v) is 3.27. The van der Waals surface area contributed by atoms with Crippen molar-refractivity contribution in [2.45, 2.75) is 44.2 Å². The van der Waals surface area contributed by atoms with Gasteiger partial charge in [-0.3, -0.25) is 4.79 Å². The van der Waals surface area contributed by atoms with Crippen molar-refractivity contribution >= 4 is 5.91 Å². The van der Waals surface area contributed by atoms with Crippen molar-refractivity contribution in [2.75, 3.05) is 13.2 Å². The zero-order valence-electron chi connectivity index (χ0n) is 11.9. The lowest BCUT2D eigenvalue weighted by atomic mass is 9.92. The highest BCUT2D eigenvalue weighted by atomic mass is 19.1. The van der Waals surface area contributed by atoms with E-state index in [0.29, 0.717) is 13.0 Å². The van der Waals surface area contributed by atoms with Crippen LogP contribution in [0.4, 0.5) is 8.78 Å². The van der Waals surface area contributed by atoms with Crippen LogP contribution in [0.5, 0.6) is 0 Å². The minimum absolute atomic E-state index is 0.00830. The van der Waals surface area contributed by atoms with E-state index < -0.39 is 11.6 Å². The molecule has 2 saturated heterocycles. The quantitative estimate of drug-likeness (QED) is 0.839. The molecule has 2 fully saturated rings. The van der Waals surface area contributed by atoms with Gasteiger partial charge in [0, 0.05) is 31.7 Å². The number of ether oxygens (including phenoxy) is 1. The molecule has 2 aliphatic heterocycles. The Bertz CT molecular complexity index is 541. The molecule has 21 heavy (non-hydrogen) atoms. The van der Waals surface area contributed by atoms with Crippen molar-refractivity contribution in [3.05, 3.63) is 35.4 Å². The molecule has 1 amide bonds. The van der Waals surface area contributed by atoms with E-state index >= 15 is 0 Å². The summed E-state index contributed by atoms with van der Waals surface area (Å²) in [4.78, 5) is 13.8. The van der Waals surface area contributed by atoms with Crippen LogP contribution in [-0.2, 0) is 16.1 Å². The Labute approximate surface area is 122 Å². The zero-order valence-corrected chi connectivity index (χ0v) is 11.9. The molecule has 0 saturated carbocycles. The summed E-state index contributed by atoms with van der Waals surface area (Å²) in [5.74, 6) is -0.962. The third kappa shape index (κ3) is 3.07. The normalized spacial score (nSPS) is 26.4. The predicted molar refractivity (Wildman–Crippen MR) is 73.5 cm³/mol. The first-order valence-corrected chi connectivity index (χ1v) is 7.44. The van der Waals surface area contributed by atoms with Gasteiger partial charge in [0.1, 0.15) is 11.6 Å². The van der Waals surface area contributed by atoms with Crippen molar-refractivity contribution in [1.82, 2.24) is 4.90 Å². The predicted octanol–water partition coefficient (Wildman–Crippen LogP) is 3.03. The monoisotopic (exact) mass is 295 g/mol. The number of rotatable bonds is 2. The molecule has 0 N–H and O–H groups in total. The Hall–Kier alpha value is -1.49. The van der Waals surface area contributed by atoms with Gasteiger partial charge in [0.15, 0.2) is 0 Å².